The van der Waals surface area contributed by atoms with Crippen LogP contribution in [0.25, 0.3) is 0 Å². The molecule has 2 fully saturated rings. The molecule has 2 rings (SSSR count). The maximum atomic E-state index is 3.57. The van der Waals surface area contributed by atoms with Crippen LogP contribution in [0.1, 0.15) is 27.2 Å². The van der Waals surface area contributed by atoms with E-state index < -0.39 is 0 Å². The van der Waals surface area contributed by atoms with Gasteiger partial charge in [-0.1, -0.05) is 13.8 Å². The maximum absolute atomic E-state index is 3.57. The number of likely N-dealkylation sites (N-methyl/N-ethyl adjacent to an activating group) is 1. The normalized spacial score (nSPS) is 36.9. The molecule has 3 heteroatoms. The van der Waals surface area contributed by atoms with E-state index in [2.05, 4.69) is 42.9 Å². The molecule has 2 heterocycles. The zero-order valence-corrected chi connectivity index (χ0v) is 12.0. The molecular formula is C14H29N3. The van der Waals surface area contributed by atoms with Crippen LogP contribution in [-0.4, -0.2) is 62.2 Å². The van der Waals surface area contributed by atoms with Gasteiger partial charge in [-0.15, -0.1) is 0 Å². The Bertz CT molecular complexity index is 246. The van der Waals surface area contributed by atoms with Crippen LogP contribution in [0.2, 0.25) is 0 Å². The Balaban J connectivity index is 1.95. The summed E-state index contributed by atoms with van der Waals surface area (Å²) in [5, 5.41) is 3.57. The fraction of sp³-hybridized carbons (Fsp3) is 1.00. The van der Waals surface area contributed by atoms with E-state index in [4.69, 9.17) is 0 Å². The summed E-state index contributed by atoms with van der Waals surface area (Å²) in [6, 6.07) is 0.710. The van der Waals surface area contributed by atoms with E-state index in [0.29, 0.717) is 11.5 Å². The van der Waals surface area contributed by atoms with Gasteiger partial charge in [0.25, 0.3) is 0 Å². The highest BCUT2D eigenvalue weighted by Crippen LogP contribution is 2.35. The van der Waals surface area contributed by atoms with Crippen molar-refractivity contribution in [2.75, 3.05) is 46.3 Å². The summed E-state index contributed by atoms with van der Waals surface area (Å²) in [6.45, 7) is 14.6. The topological polar surface area (TPSA) is 18.5 Å². The van der Waals surface area contributed by atoms with Gasteiger partial charge in [0.1, 0.15) is 0 Å². The van der Waals surface area contributed by atoms with E-state index in [-0.39, 0.29) is 0 Å². The molecule has 0 aromatic carbocycles. The number of hydrogen-bond acceptors (Lipinski definition) is 3. The first-order valence-electron chi connectivity index (χ1n) is 7.17. The molecule has 0 radical (unpaired) electrons. The lowest BCUT2D eigenvalue weighted by Gasteiger charge is -2.43. The molecular weight excluding hydrogens is 210 g/mol. The molecule has 0 spiro atoms. The van der Waals surface area contributed by atoms with Crippen LogP contribution < -0.4 is 5.32 Å². The van der Waals surface area contributed by atoms with Gasteiger partial charge in [-0.05, 0) is 38.3 Å². The zero-order chi connectivity index (χ0) is 12.5. The second-order valence-electron chi connectivity index (χ2n) is 6.51. The first-order valence-corrected chi connectivity index (χ1v) is 7.17. The van der Waals surface area contributed by atoms with Gasteiger partial charge >= 0.3 is 0 Å². The standard InChI is InChI=1S/C14H29N3/c1-12(2)14(5-6-15-10-14)11-17-8-7-16(4)13(3)9-17/h12-13,15H,5-11H2,1-4H3. The number of hydrogen-bond donors (Lipinski definition) is 1. The molecule has 2 unspecified atom stereocenters. The van der Waals surface area contributed by atoms with Gasteiger partial charge in [-0.3, -0.25) is 4.90 Å². The molecule has 17 heavy (non-hydrogen) atoms. The highest BCUT2D eigenvalue weighted by molar-refractivity contribution is 4.94. The van der Waals surface area contributed by atoms with Crippen LogP contribution in [0, 0.1) is 11.3 Å². The molecule has 0 bridgehead atoms. The van der Waals surface area contributed by atoms with Crippen molar-refractivity contribution in [2.45, 2.75) is 33.2 Å². The van der Waals surface area contributed by atoms with Crippen molar-refractivity contribution < 1.29 is 0 Å². The number of nitrogens with zero attached hydrogens (tertiary/aromatic N) is 2. The zero-order valence-electron chi connectivity index (χ0n) is 12.0. The fourth-order valence-corrected chi connectivity index (χ4v) is 3.29. The third kappa shape index (κ3) is 2.83. The molecule has 3 nitrogen and oxygen atoms in total. The lowest BCUT2D eigenvalue weighted by atomic mass is 9.76. The molecule has 2 aliphatic heterocycles. The van der Waals surface area contributed by atoms with Crippen molar-refractivity contribution in [2.24, 2.45) is 11.3 Å². The number of nitrogens with one attached hydrogen (secondary N) is 1. The van der Waals surface area contributed by atoms with Gasteiger partial charge in [-0.25, -0.2) is 0 Å². The first kappa shape index (κ1) is 13.3. The largest absolute Gasteiger partial charge is 0.316 e. The van der Waals surface area contributed by atoms with Crippen molar-refractivity contribution in [3.05, 3.63) is 0 Å². The Morgan fingerprint density at radius 3 is 2.65 bits per heavy atom. The van der Waals surface area contributed by atoms with E-state index in [1.165, 1.54) is 45.7 Å². The Hall–Kier alpha value is -0.120. The average molecular weight is 239 g/mol. The summed E-state index contributed by atoms with van der Waals surface area (Å²) < 4.78 is 0. The predicted octanol–water partition coefficient (Wildman–Crippen LogP) is 1.26. The van der Waals surface area contributed by atoms with Crippen molar-refractivity contribution >= 4 is 0 Å². The molecule has 0 aromatic rings. The van der Waals surface area contributed by atoms with Gasteiger partial charge in [0.2, 0.25) is 0 Å². The summed E-state index contributed by atoms with van der Waals surface area (Å²) in [4.78, 5) is 5.17. The molecule has 100 valence electrons. The van der Waals surface area contributed by atoms with Crippen molar-refractivity contribution in [1.82, 2.24) is 15.1 Å². The van der Waals surface area contributed by atoms with Crippen molar-refractivity contribution in [3.63, 3.8) is 0 Å². The van der Waals surface area contributed by atoms with Crippen LogP contribution in [0.3, 0.4) is 0 Å². The SMILES string of the molecule is CC1CN(CC2(C(C)C)CCNC2)CCN1C. The molecule has 0 saturated carbocycles. The van der Waals surface area contributed by atoms with Crippen LogP contribution in [-0.2, 0) is 0 Å². The Morgan fingerprint density at radius 1 is 1.35 bits per heavy atom. The summed E-state index contributed by atoms with van der Waals surface area (Å²) in [5.74, 6) is 0.785. The van der Waals surface area contributed by atoms with E-state index in [9.17, 15) is 0 Å². The highest BCUT2D eigenvalue weighted by Gasteiger charge is 2.39. The van der Waals surface area contributed by atoms with Gasteiger partial charge in [0, 0.05) is 38.8 Å². The predicted molar refractivity (Wildman–Crippen MR) is 73.3 cm³/mol. The Morgan fingerprint density at radius 2 is 2.12 bits per heavy atom. The number of rotatable bonds is 3. The third-order valence-electron chi connectivity index (χ3n) is 5.08. The first-order chi connectivity index (χ1) is 8.03. The second kappa shape index (κ2) is 5.25. The molecule has 1 N–H and O–H groups in total. The molecule has 0 aromatic heterocycles. The Kier molecular flexibility index (Phi) is 4.11. The molecule has 0 aliphatic carbocycles. The third-order valence-corrected chi connectivity index (χ3v) is 5.08. The minimum absolute atomic E-state index is 0.523. The van der Waals surface area contributed by atoms with Crippen LogP contribution in [0.15, 0.2) is 0 Å². The van der Waals surface area contributed by atoms with E-state index in [1.54, 1.807) is 0 Å². The monoisotopic (exact) mass is 239 g/mol. The van der Waals surface area contributed by atoms with Crippen LogP contribution in [0.5, 0.6) is 0 Å². The molecule has 2 atom stereocenters. The highest BCUT2D eigenvalue weighted by atomic mass is 15.3. The van der Waals surface area contributed by atoms with Crippen molar-refractivity contribution in [1.29, 1.82) is 0 Å². The maximum Gasteiger partial charge on any atom is 0.0192 e. The van der Waals surface area contributed by atoms with Gasteiger partial charge < -0.3 is 10.2 Å². The fourth-order valence-electron chi connectivity index (χ4n) is 3.29. The minimum Gasteiger partial charge on any atom is -0.316 e. The van der Waals surface area contributed by atoms with E-state index >= 15 is 0 Å². The average Bonchev–Trinajstić information content (AvgIpc) is 2.73. The van der Waals surface area contributed by atoms with Gasteiger partial charge in [0.15, 0.2) is 0 Å². The summed E-state index contributed by atoms with van der Waals surface area (Å²) in [6.07, 6.45) is 1.35. The number of piperazine rings is 1. The molecule has 2 saturated heterocycles. The van der Waals surface area contributed by atoms with Crippen molar-refractivity contribution in [3.8, 4) is 0 Å². The lowest BCUT2D eigenvalue weighted by Crippen LogP contribution is -2.54. The van der Waals surface area contributed by atoms with Crippen LogP contribution >= 0.6 is 0 Å². The smallest absolute Gasteiger partial charge is 0.0192 e. The quantitative estimate of drug-likeness (QED) is 0.800. The second-order valence-corrected chi connectivity index (χ2v) is 6.51. The summed E-state index contributed by atoms with van der Waals surface area (Å²) in [7, 11) is 2.25. The summed E-state index contributed by atoms with van der Waals surface area (Å²) in [5.41, 5.74) is 0.523. The Labute approximate surface area is 107 Å². The van der Waals surface area contributed by atoms with Crippen LogP contribution in [0.4, 0.5) is 0 Å². The minimum atomic E-state index is 0.523. The summed E-state index contributed by atoms with van der Waals surface area (Å²) >= 11 is 0. The molecule has 2 aliphatic rings. The molecule has 0 amide bonds. The lowest BCUT2D eigenvalue weighted by molar-refractivity contribution is 0.0525. The van der Waals surface area contributed by atoms with Gasteiger partial charge in [0.05, 0.1) is 0 Å². The van der Waals surface area contributed by atoms with Gasteiger partial charge in [-0.2, -0.15) is 0 Å². The van der Waals surface area contributed by atoms with E-state index in [0.717, 1.165) is 5.92 Å². The van der Waals surface area contributed by atoms with E-state index in [1.807, 2.05) is 0 Å².